The Balaban J connectivity index is 1.28. The Morgan fingerprint density at radius 2 is 1.86 bits per heavy atom. The lowest BCUT2D eigenvalue weighted by Crippen LogP contribution is -2.34. The van der Waals surface area contributed by atoms with Gasteiger partial charge in [0, 0.05) is 24.7 Å². The fourth-order valence-corrected chi connectivity index (χ4v) is 5.63. The predicted octanol–water partition coefficient (Wildman–Crippen LogP) is 6.61. The molecule has 0 spiro atoms. The summed E-state index contributed by atoms with van der Waals surface area (Å²) in [4.78, 5) is 18.4. The predicted molar refractivity (Wildman–Crippen MR) is 146 cm³/mol. The molecular weight excluding hydrogens is 597 g/mol. The van der Waals surface area contributed by atoms with Gasteiger partial charge in [-0.05, 0) is 66.4 Å². The van der Waals surface area contributed by atoms with Crippen LogP contribution in [-0.2, 0) is 43.6 Å². The molecule has 13 heteroatoms. The maximum absolute atomic E-state index is 14.3. The van der Waals surface area contributed by atoms with E-state index in [4.69, 9.17) is 26.1 Å². The molecule has 0 bridgehead atoms. The molecule has 0 radical (unpaired) electrons. The lowest BCUT2D eigenvalue weighted by molar-refractivity contribution is -0.139. The minimum absolute atomic E-state index is 0.0254. The third kappa shape index (κ3) is 6.04. The van der Waals surface area contributed by atoms with Crippen molar-refractivity contribution in [3.05, 3.63) is 92.8 Å². The zero-order valence-electron chi connectivity index (χ0n) is 22.6. The highest BCUT2D eigenvalue weighted by Crippen LogP contribution is 2.40. The van der Waals surface area contributed by atoms with Gasteiger partial charge in [0.25, 0.3) is 0 Å². The van der Waals surface area contributed by atoms with E-state index in [0.717, 1.165) is 24.6 Å². The average molecular weight is 622 g/mol. The molecular formula is C30H25ClF5N3O4. The topological polar surface area (TPSA) is 76.8 Å². The van der Waals surface area contributed by atoms with Crippen molar-refractivity contribution in [1.29, 1.82) is 0 Å². The highest BCUT2D eigenvalue weighted by molar-refractivity contribution is 6.30. The van der Waals surface area contributed by atoms with Crippen LogP contribution in [0.4, 0.5) is 22.0 Å². The van der Waals surface area contributed by atoms with Gasteiger partial charge in [-0.15, -0.1) is 0 Å². The Kier molecular flexibility index (Phi) is 7.78. The van der Waals surface area contributed by atoms with Crippen LogP contribution in [0, 0.1) is 11.6 Å². The second-order valence-electron chi connectivity index (χ2n) is 10.6. The summed E-state index contributed by atoms with van der Waals surface area (Å²) in [6, 6.07) is 8.77. The molecule has 0 unspecified atom stereocenters. The molecule has 1 aromatic heterocycles. The molecule has 4 aromatic rings. The van der Waals surface area contributed by atoms with Crippen LogP contribution in [0.3, 0.4) is 0 Å². The fraction of sp³-hybridized carbons (Fsp3) is 0.333. The zero-order valence-corrected chi connectivity index (χ0v) is 23.3. The van der Waals surface area contributed by atoms with Gasteiger partial charge >= 0.3 is 12.1 Å². The SMILES string of the molecule is O=C(O)c1ccc2nc(CN3CCc4cc(C(F)(F)F)c(OCc5c(F)cc(Cl)cc5F)cc4C3)n(C[C@@H]3CCO3)c2c1. The summed E-state index contributed by atoms with van der Waals surface area (Å²) in [5, 5.41) is 9.30. The summed E-state index contributed by atoms with van der Waals surface area (Å²) in [7, 11) is 0. The summed E-state index contributed by atoms with van der Waals surface area (Å²) in [6.07, 6.45) is -3.58. The van der Waals surface area contributed by atoms with Crippen molar-refractivity contribution >= 4 is 28.6 Å². The van der Waals surface area contributed by atoms with Gasteiger partial charge in [-0.25, -0.2) is 18.6 Å². The second-order valence-corrected chi connectivity index (χ2v) is 11.1. The quantitative estimate of drug-likeness (QED) is 0.223. The van der Waals surface area contributed by atoms with E-state index in [0.29, 0.717) is 60.6 Å². The van der Waals surface area contributed by atoms with Crippen LogP contribution in [-0.4, -0.2) is 44.8 Å². The number of aromatic nitrogens is 2. The fourth-order valence-electron chi connectivity index (χ4n) is 5.44. The largest absolute Gasteiger partial charge is 0.488 e. The number of rotatable bonds is 8. The van der Waals surface area contributed by atoms with E-state index in [-0.39, 0.29) is 23.2 Å². The molecule has 2 aliphatic rings. The van der Waals surface area contributed by atoms with E-state index < -0.39 is 47.3 Å². The van der Waals surface area contributed by atoms with Crippen LogP contribution in [0.25, 0.3) is 11.0 Å². The van der Waals surface area contributed by atoms with Gasteiger partial charge < -0.3 is 19.1 Å². The number of halogens is 6. The maximum atomic E-state index is 14.3. The molecule has 1 atom stereocenters. The lowest BCUT2D eigenvalue weighted by atomic mass is 9.96. The summed E-state index contributed by atoms with van der Waals surface area (Å²) >= 11 is 5.65. The van der Waals surface area contributed by atoms with Gasteiger partial charge in [0.1, 0.15) is 29.8 Å². The number of carbonyl (C=O) groups is 1. The Bertz CT molecular complexity index is 1700. The Morgan fingerprint density at radius 3 is 2.51 bits per heavy atom. The van der Waals surface area contributed by atoms with E-state index >= 15 is 0 Å². The standard InChI is InChI=1S/C30H25ClF5N3O4/c31-19-10-23(32)21(24(33)11-19)15-43-27-9-18-12-38(5-3-16(18)7-22(27)30(34,35)36)14-28-37-25-2-1-17(29(40)41)8-26(25)39(28)13-20-4-6-42-20/h1-2,7-11,20H,3-6,12-15H2,(H,40,41)/t20-/m0/s1. The number of alkyl halides is 3. The van der Waals surface area contributed by atoms with Crippen LogP contribution < -0.4 is 4.74 Å². The Morgan fingerprint density at radius 1 is 1.12 bits per heavy atom. The van der Waals surface area contributed by atoms with Crippen LogP contribution >= 0.6 is 11.6 Å². The minimum atomic E-state index is -4.75. The zero-order chi connectivity index (χ0) is 30.5. The monoisotopic (exact) mass is 621 g/mol. The number of fused-ring (bicyclic) bond motifs is 2. The first-order valence-corrected chi connectivity index (χ1v) is 13.9. The van der Waals surface area contributed by atoms with Crippen molar-refractivity contribution in [3.8, 4) is 5.75 Å². The number of hydrogen-bond donors (Lipinski definition) is 1. The van der Waals surface area contributed by atoms with Crippen molar-refractivity contribution in [2.45, 2.75) is 51.4 Å². The maximum Gasteiger partial charge on any atom is 0.419 e. The molecule has 3 heterocycles. The van der Waals surface area contributed by atoms with Gasteiger partial charge in [-0.2, -0.15) is 13.2 Å². The molecule has 0 saturated carbocycles. The molecule has 7 nitrogen and oxygen atoms in total. The molecule has 0 aliphatic carbocycles. The minimum Gasteiger partial charge on any atom is -0.488 e. The molecule has 1 fully saturated rings. The molecule has 226 valence electrons. The summed E-state index contributed by atoms with van der Waals surface area (Å²) in [5.74, 6) is -2.95. The van der Waals surface area contributed by atoms with Gasteiger partial charge in [-0.1, -0.05) is 11.6 Å². The van der Waals surface area contributed by atoms with Crippen molar-refractivity contribution in [3.63, 3.8) is 0 Å². The average Bonchev–Trinajstić information content (AvgIpc) is 3.24. The summed E-state index contributed by atoms with van der Waals surface area (Å²) in [6.45, 7) is 1.46. The van der Waals surface area contributed by atoms with Crippen LogP contribution in [0.15, 0.2) is 42.5 Å². The smallest absolute Gasteiger partial charge is 0.419 e. The van der Waals surface area contributed by atoms with Gasteiger partial charge in [0.15, 0.2) is 0 Å². The van der Waals surface area contributed by atoms with E-state index in [1.54, 1.807) is 12.1 Å². The number of aromatic carboxylic acids is 1. The first-order valence-electron chi connectivity index (χ1n) is 13.5. The number of imidazole rings is 1. The van der Waals surface area contributed by atoms with E-state index in [9.17, 15) is 31.9 Å². The molecule has 3 aromatic carbocycles. The normalized spacial score (nSPS) is 17.1. The Hall–Kier alpha value is -3.74. The highest BCUT2D eigenvalue weighted by Gasteiger charge is 2.36. The summed E-state index contributed by atoms with van der Waals surface area (Å²) in [5.41, 5.74) is 0.960. The first kappa shape index (κ1) is 29.3. The van der Waals surface area contributed by atoms with Crippen molar-refractivity contribution in [1.82, 2.24) is 14.5 Å². The van der Waals surface area contributed by atoms with E-state index in [1.165, 1.54) is 12.1 Å². The number of carboxylic acids is 1. The van der Waals surface area contributed by atoms with Crippen molar-refractivity contribution in [2.24, 2.45) is 0 Å². The third-order valence-electron chi connectivity index (χ3n) is 7.80. The first-order chi connectivity index (χ1) is 20.5. The van der Waals surface area contributed by atoms with E-state index in [1.807, 2.05) is 9.47 Å². The number of benzene rings is 3. The molecule has 1 N–H and O–H groups in total. The van der Waals surface area contributed by atoms with Gasteiger partial charge in [0.2, 0.25) is 0 Å². The van der Waals surface area contributed by atoms with E-state index in [2.05, 4.69) is 0 Å². The van der Waals surface area contributed by atoms with Crippen LogP contribution in [0.1, 0.15) is 44.9 Å². The van der Waals surface area contributed by atoms with Crippen molar-refractivity contribution in [2.75, 3.05) is 13.2 Å². The third-order valence-corrected chi connectivity index (χ3v) is 8.01. The van der Waals surface area contributed by atoms with Crippen LogP contribution in [0.2, 0.25) is 5.02 Å². The number of ether oxygens (including phenoxy) is 2. The Labute approximate surface area is 247 Å². The van der Waals surface area contributed by atoms with Gasteiger partial charge in [0.05, 0.1) is 46.9 Å². The number of carboxylic acid groups (broad SMARTS) is 1. The lowest BCUT2D eigenvalue weighted by Gasteiger charge is -2.31. The molecule has 0 amide bonds. The number of hydrogen-bond acceptors (Lipinski definition) is 5. The molecule has 6 rings (SSSR count). The molecule has 1 saturated heterocycles. The van der Waals surface area contributed by atoms with Crippen molar-refractivity contribution < 1.29 is 41.3 Å². The van der Waals surface area contributed by atoms with Gasteiger partial charge in [-0.3, -0.25) is 4.90 Å². The molecule has 2 aliphatic heterocycles. The summed E-state index contributed by atoms with van der Waals surface area (Å²) < 4.78 is 83.4. The van der Waals surface area contributed by atoms with Crippen LogP contribution in [0.5, 0.6) is 5.75 Å². The highest BCUT2D eigenvalue weighted by atomic mass is 35.5. The molecule has 43 heavy (non-hydrogen) atoms. The second kappa shape index (κ2) is 11.4. The number of nitrogens with zero attached hydrogens (tertiary/aromatic N) is 3.